The summed E-state index contributed by atoms with van der Waals surface area (Å²) >= 11 is 5.31. The third-order valence-electron chi connectivity index (χ3n) is 3.18. The molecule has 2 rings (SSSR count). The van der Waals surface area contributed by atoms with E-state index in [1.165, 1.54) is 0 Å². The molecule has 0 amide bonds. The van der Waals surface area contributed by atoms with E-state index in [9.17, 15) is 0 Å². The van der Waals surface area contributed by atoms with E-state index >= 15 is 0 Å². The number of aromatic nitrogens is 2. The third kappa shape index (κ3) is 3.88. The maximum absolute atomic E-state index is 5.31. The molecule has 22 heavy (non-hydrogen) atoms. The molecule has 1 aromatic heterocycles. The summed E-state index contributed by atoms with van der Waals surface area (Å²) in [6, 6.07) is 7.51. The molecule has 0 saturated carbocycles. The molecule has 0 saturated heterocycles. The quantitative estimate of drug-likeness (QED) is 0.797. The van der Waals surface area contributed by atoms with Gasteiger partial charge < -0.3 is 20.1 Å². The van der Waals surface area contributed by atoms with Gasteiger partial charge in [0, 0.05) is 24.5 Å². The number of aryl methyl sites for hydroxylation is 1. The number of thiocarbonyl (C=S) groups is 1. The lowest BCUT2D eigenvalue weighted by Gasteiger charge is -2.13. The predicted molar refractivity (Wildman–Crippen MR) is 90.5 cm³/mol. The number of ether oxygens (including phenoxy) is 2. The number of hydrogen-bond donors (Lipinski definition) is 2. The standard InChI is InChI=1S/C15H20N4O2S/c1-4-19-12(7-8-17-19)10-16-15(22)18-11-5-6-13(20-2)14(9-11)21-3/h5-9H,4,10H2,1-3H3,(H2,16,18,22). The van der Waals surface area contributed by atoms with E-state index in [-0.39, 0.29) is 0 Å². The van der Waals surface area contributed by atoms with Crippen LogP contribution in [-0.4, -0.2) is 29.1 Å². The van der Waals surface area contributed by atoms with Gasteiger partial charge in [0.05, 0.1) is 26.5 Å². The van der Waals surface area contributed by atoms with E-state index in [0.29, 0.717) is 23.2 Å². The first-order chi connectivity index (χ1) is 10.7. The third-order valence-corrected chi connectivity index (χ3v) is 3.42. The monoisotopic (exact) mass is 320 g/mol. The van der Waals surface area contributed by atoms with Gasteiger partial charge in [-0.2, -0.15) is 5.10 Å². The van der Waals surface area contributed by atoms with Gasteiger partial charge in [-0.15, -0.1) is 0 Å². The Morgan fingerprint density at radius 2 is 2.00 bits per heavy atom. The van der Waals surface area contributed by atoms with Crippen molar-refractivity contribution in [3.8, 4) is 11.5 Å². The fourth-order valence-corrected chi connectivity index (χ4v) is 2.25. The molecule has 0 radical (unpaired) electrons. The normalized spacial score (nSPS) is 10.1. The molecule has 1 heterocycles. The van der Waals surface area contributed by atoms with Crippen LogP contribution in [0.1, 0.15) is 12.6 Å². The maximum atomic E-state index is 5.31. The number of benzene rings is 1. The second-order valence-corrected chi connectivity index (χ2v) is 4.92. The number of hydrogen-bond acceptors (Lipinski definition) is 4. The average Bonchev–Trinajstić information content (AvgIpc) is 3.00. The lowest BCUT2D eigenvalue weighted by molar-refractivity contribution is 0.355. The highest BCUT2D eigenvalue weighted by atomic mass is 32.1. The number of anilines is 1. The minimum atomic E-state index is 0.538. The molecule has 2 aromatic rings. The molecule has 7 heteroatoms. The zero-order chi connectivity index (χ0) is 15.9. The van der Waals surface area contributed by atoms with Crippen LogP contribution in [0, 0.1) is 0 Å². The Morgan fingerprint density at radius 1 is 1.23 bits per heavy atom. The highest BCUT2D eigenvalue weighted by Crippen LogP contribution is 2.29. The van der Waals surface area contributed by atoms with Crippen molar-refractivity contribution in [3.63, 3.8) is 0 Å². The summed E-state index contributed by atoms with van der Waals surface area (Å²) in [5.74, 6) is 1.33. The van der Waals surface area contributed by atoms with Gasteiger partial charge in [-0.1, -0.05) is 0 Å². The summed E-state index contributed by atoms with van der Waals surface area (Å²) in [4.78, 5) is 0. The summed E-state index contributed by atoms with van der Waals surface area (Å²) in [6.07, 6.45) is 1.78. The van der Waals surface area contributed by atoms with Crippen molar-refractivity contribution >= 4 is 23.0 Å². The molecule has 2 N–H and O–H groups in total. The van der Waals surface area contributed by atoms with E-state index < -0.39 is 0 Å². The number of rotatable bonds is 6. The second kappa shape index (κ2) is 7.65. The van der Waals surface area contributed by atoms with E-state index in [0.717, 1.165) is 17.9 Å². The highest BCUT2D eigenvalue weighted by molar-refractivity contribution is 7.80. The Kier molecular flexibility index (Phi) is 5.60. The van der Waals surface area contributed by atoms with Crippen LogP contribution >= 0.6 is 12.2 Å². The van der Waals surface area contributed by atoms with Crippen molar-refractivity contribution < 1.29 is 9.47 Å². The van der Waals surface area contributed by atoms with Crippen molar-refractivity contribution in [2.75, 3.05) is 19.5 Å². The second-order valence-electron chi connectivity index (χ2n) is 4.52. The fourth-order valence-electron chi connectivity index (χ4n) is 2.06. The molecule has 6 nitrogen and oxygen atoms in total. The predicted octanol–water partition coefficient (Wildman–Crippen LogP) is 2.41. The Balaban J connectivity index is 1.94. The first kappa shape index (κ1) is 16.1. The number of nitrogens with zero attached hydrogens (tertiary/aromatic N) is 2. The van der Waals surface area contributed by atoms with Gasteiger partial charge in [0.25, 0.3) is 0 Å². The smallest absolute Gasteiger partial charge is 0.171 e. The average molecular weight is 320 g/mol. The maximum Gasteiger partial charge on any atom is 0.171 e. The molecule has 1 aromatic carbocycles. The Morgan fingerprint density at radius 3 is 2.68 bits per heavy atom. The van der Waals surface area contributed by atoms with Crippen LogP contribution in [0.3, 0.4) is 0 Å². The zero-order valence-corrected chi connectivity index (χ0v) is 13.7. The van der Waals surface area contributed by atoms with Crippen molar-refractivity contribution in [2.24, 2.45) is 0 Å². The van der Waals surface area contributed by atoms with E-state index in [1.807, 2.05) is 28.9 Å². The molecular formula is C15H20N4O2S. The number of nitrogens with one attached hydrogen (secondary N) is 2. The number of methoxy groups -OCH3 is 2. The van der Waals surface area contributed by atoms with Gasteiger partial charge >= 0.3 is 0 Å². The van der Waals surface area contributed by atoms with Gasteiger partial charge in [-0.05, 0) is 37.3 Å². The zero-order valence-electron chi connectivity index (χ0n) is 12.9. The van der Waals surface area contributed by atoms with E-state index in [2.05, 4.69) is 22.7 Å². The van der Waals surface area contributed by atoms with Crippen LogP contribution in [-0.2, 0) is 13.1 Å². The van der Waals surface area contributed by atoms with E-state index in [4.69, 9.17) is 21.7 Å². The molecule has 0 bridgehead atoms. The lowest BCUT2D eigenvalue weighted by Crippen LogP contribution is -2.28. The summed E-state index contributed by atoms with van der Waals surface area (Å²) in [7, 11) is 3.21. The van der Waals surface area contributed by atoms with Crippen molar-refractivity contribution in [1.82, 2.24) is 15.1 Å². The topological polar surface area (TPSA) is 60.3 Å². The first-order valence-electron chi connectivity index (χ1n) is 6.95. The fraction of sp³-hybridized carbons (Fsp3) is 0.333. The van der Waals surface area contributed by atoms with Gasteiger partial charge in [0.2, 0.25) is 0 Å². The minimum absolute atomic E-state index is 0.538. The van der Waals surface area contributed by atoms with Gasteiger partial charge in [0.1, 0.15) is 0 Å². The van der Waals surface area contributed by atoms with Crippen LogP contribution in [0.2, 0.25) is 0 Å². The SMILES string of the molecule is CCn1nccc1CNC(=S)Nc1ccc(OC)c(OC)c1. The molecule has 0 aliphatic rings. The molecular weight excluding hydrogens is 300 g/mol. The van der Waals surface area contributed by atoms with Crippen molar-refractivity contribution in [1.29, 1.82) is 0 Å². The molecule has 0 aliphatic heterocycles. The Labute approximate surface area is 135 Å². The lowest BCUT2D eigenvalue weighted by atomic mass is 10.3. The van der Waals surface area contributed by atoms with Crippen molar-refractivity contribution in [2.45, 2.75) is 20.0 Å². The summed E-state index contributed by atoms with van der Waals surface area (Å²) in [6.45, 7) is 3.50. The van der Waals surface area contributed by atoms with Crippen LogP contribution in [0.25, 0.3) is 0 Å². The van der Waals surface area contributed by atoms with Crippen LogP contribution in [0.5, 0.6) is 11.5 Å². The van der Waals surface area contributed by atoms with Gasteiger partial charge in [-0.3, -0.25) is 4.68 Å². The van der Waals surface area contributed by atoms with E-state index in [1.54, 1.807) is 20.4 Å². The van der Waals surface area contributed by atoms with Crippen LogP contribution < -0.4 is 20.1 Å². The highest BCUT2D eigenvalue weighted by Gasteiger charge is 2.06. The molecule has 118 valence electrons. The Hall–Kier alpha value is -2.28. The molecule has 0 unspecified atom stereocenters. The van der Waals surface area contributed by atoms with Crippen LogP contribution in [0.4, 0.5) is 5.69 Å². The largest absolute Gasteiger partial charge is 0.493 e. The first-order valence-corrected chi connectivity index (χ1v) is 7.36. The van der Waals surface area contributed by atoms with Crippen molar-refractivity contribution in [3.05, 3.63) is 36.2 Å². The molecule has 0 spiro atoms. The summed E-state index contributed by atoms with van der Waals surface area (Å²) in [5, 5.41) is 11.0. The molecule has 0 atom stereocenters. The summed E-state index contributed by atoms with van der Waals surface area (Å²) in [5.41, 5.74) is 1.91. The minimum Gasteiger partial charge on any atom is -0.493 e. The molecule has 0 fully saturated rings. The Bertz CT molecular complexity index is 642. The van der Waals surface area contributed by atoms with Gasteiger partial charge in [0.15, 0.2) is 16.6 Å². The molecule has 0 aliphatic carbocycles. The van der Waals surface area contributed by atoms with Crippen LogP contribution in [0.15, 0.2) is 30.5 Å². The van der Waals surface area contributed by atoms with Gasteiger partial charge in [-0.25, -0.2) is 0 Å². The summed E-state index contributed by atoms with van der Waals surface area (Å²) < 4.78 is 12.4.